The third kappa shape index (κ3) is 8.63. The van der Waals surface area contributed by atoms with Gasteiger partial charge < -0.3 is 15.4 Å². The summed E-state index contributed by atoms with van der Waals surface area (Å²) in [5.74, 6) is 1.02. The quantitative estimate of drug-likeness (QED) is 0.564. The number of allylic oxidation sites excluding steroid dienone is 1. The maximum Gasteiger partial charge on any atom is 0.236 e. The van der Waals surface area contributed by atoms with Gasteiger partial charge in [0.15, 0.2) is 0 Å². The Labute approximate surface area is 104 Å². The monoisotopic (exact) mass is 240 g/mol. The van der Waals surface area contributed by atoms with Crippen molar-refractivity contribution in [2.75, 3.05) is 13.6 Å². The fraction of sp³-hybridized carbons (Fsp3) is 0.692. The zero-order valence-corrected chi connectivity index (χ0v) is 10.9. The van der Waals surface area contributed by atoms with Crippen molar-refractivity contribution in [3.05, 3.63) is 12.7 Å². The van der Waals surface area contributed by atoms with Crippen LogP contribution in [0.4, 0.5) is 0 Å². The third-order valence-corrected chi connectivity index (χ3v) is 2.58. The average Bonchev–Trinajstić information content (AvgIpc) is 3.04. The van der Waals surface area contributed by atoms with E-state index < -0.39 is 0 Å². The molecule has 1 amide bonds. The van der Waals surface area contributed by atoms with E-state index in [0.29, 0.717) is 0 Å². The van der Waals surface area contributed by atoms with Gasteiger partial charge in [0.1, 0.15) is 6.29 Å². The van der Waals surface area contributed by atoms with Crippen LogP contribution in [0.1, 0.15) is 32.6 Å². The summed E-state index contributed by atoms with van der Waals surface area (Å²) in [5.41, 5.74) is 0. The van der Waals surface area contributed by atoms with Crippen LogP contribution in [0.2, 0.25) is 0 Å². The normalized spacial score (nSPS) is 21.2. The van der Waals surface area contributed by atoms with E-state index in [1.54, 1.807) is 7.05 Å². The molecule has 1 aliphatic carbocycles. The molecule has 4 heteroatoms. The van der Waals surface area contributed by atoms with E-state index in [4.69, 9.17) is 4.79 Å². The lowest BCUT2D eigenvalue weighted by atomic mass is 10.2. The Morgan fingerprint density at radius 3 is 2.24 bits per heavy atom. The van der Waals surface area contributed by atoms with Crippen molar-refractivity contribution in [1.29, 1.82) is 0 Å². The fourth-order valence-electron chi connectivity index (χ4n) is 1.41. The molecule has 1 aliphatic heterocycles. The minimum Gasteiger partial charge on any atom is -0.358 e. The Morgan fingerprint density at radius 1 is 1.41 bits per heavy atom. The Balaban J connectivity index is 0.000000270. The molecule has 2 aliphatic rings. The van der Waals surface area contributed by atoms with Gasteiger partial charge in [-0.1, -0.05) is 6.08 Å². The van der Waals surface area contributed by atoms with Crippen molar-refractivity contribution in [1.82, 2.24) is 10.6 Å². The predicted molar refractivity (Wildman–Crippen MR) is 69.8 cm³/mol. The minimum atomic E-state index is 0.0787. The highest BCUT2D eigenvalue weighted by Gasteiger charge is 2.19. The van der Waals surface area contributed by atoms with Crippen molar-refractivity contribution < 1.29 is 9.59 Å². The molecule has 1 atom stereocenters. The molecule has 0 aromatic rings. The zero-order chi connectivity index (χ0) is 13.1. The second-order valence-electron chi connectivity index (χ2n) is 4.07. The van der Waals surface area contributed by atoms with Crippen molar-refractivity contribution in [3.8, 4) is 0 Å². The molecule has 0 aromatic carbocycles. The highest BCUT2D eigenvalue weighted by Crippen LogP contribution is 2.28. The Hall–Kier alpha value is -1.16. The number of amides is 1. The smallest absolute Gasteiger partial charge is 0.236 e. The molecule has 1 saturated heterocycles. The SMILES string of the molecule is C=CC1CC1.CC=O.CNC(=O)C1CCCN1. The van der Waals surface area contributed by atoms with Crippen LogP contribution in [0, 0.1) is 5.92 Å². The largest absolute Gasteiger partial charge is 0.358 e. The van der Waals surface area contributed by atoms with E-state index in [0.717, 1.165) is 31.6 Å². The van der Waals surface area contributed by atoms with Crippen LogP contribution in [-0.2, 0) is 9.59 Å². The summed E-state index contributed by atoms with van der Waals surface area (Å²) in [6.07, 6.45) is 7.67. The van der Waals surface area contributed by atoms with E-state index >= 15 is 0 Å². The van der Waals surface area contributed by atoms with Gasteiger partial charge in [-0.2, -0.15) is 0 Å². The molecule has 98 valence electrons. The summed E-state index contributed by atoms with van der Waals surface area (Å²) >= 11 is 0. The van der Waals surface area contributed by atoms with Crippen LogP contribution in [0.3, 0.4) is 0 Å². The van der Waals surface area contributed by atoms with Gasteiger partial charge in [0, 0.05) is 7.05 Å². The average molecular weight is 240 g/mol. The van der Waals surface area contributed by atoms with Gasteiger partial charge in [-0.15, -0.1) is 6.58 Å². The molecule has 0 radical (unpaired) electrons. The summed E-state index contributed by atoms with van der Waals surface area (Å²) in [4.78, 5) is 19.6. The van der Waals surface area contributed by atoms with Crippen molar-refractivity contribution in [2.24, 2.45) is 5.92 Å². The molecule has 17 heavy (non-hydrogen) atoms. The van der Waals surface area contributed by atoms with Crippen molar-refractivity contribution >= 4 is 12.2 Å². The fourth-order valence-corrected chi connectivity index (χ4v) is 1.41. The van der Waals surface area contributed by atoms with Crippen molar-refractivity contribution in [2.45, 2.75) is 38.6 Å². The number of carbonyl (C=O) groups excluding carboxylic acids is 2. The second-order valence-corrected chi connectivity index (χ2v) is 4.07. The van der Waals surface area contributed by atoms with Gasteiger partial charge in [-0.25, -0.2) is 0 Å². The molecule has 0 spiro atoms. The molecule has 0 bridgehead atoms. The topological polar surface area (TPSA) is 58.2 Å². The lowest BCUT2D eigenvalue weighted by Gasteiger charge is -2.05. The van der Waals surface area contributed by atoms with Gasteiger partial charge in [0.2, 0.25) is 5.91 Å². The first-order valence-electron chi connectivity index (χ1n) is 6.16. The van der Waals surface area contributed by atoms with Crippen LogP contribution in [0.25, 0.3) is 0 Å². The highest BCUT2D eigenvalue weighted by molar-refractivity contribution is 5.81. The number of hydrogen-bond donors (Lipinski definition) is 2. The zero-order valence-electron chi connectivity index (χ0n) is 10.9. The predicted octanol–water partition coefficient (Wildman–Crippen LogP) is 1.27. The molecule has 0 aromatic heterocycles. The van der Waals surface area contributed by atoms with Gasteiger partial charge >= 0.3 is 0 Å². The van der Waals surface area contributed by atoms with E-state index in [1.807, 2.05) is 6.08 Å². The van der Waals surface area contributed by atoms with Crippen LogP contribution < -0.4 is 10.6 Å². The lowest BCUT2D eigenvalue weighted by Crippen LogP contribution is -2.38. The van der Waals surface area contributed by atoms with Gasteiger partial charge in [-0.3, -0.25) is 4.79 Å². The molecule has 1 heterocycles. The number of likely N-dealkylation sites (N-methyl/N-ethyl adjacent to an activating group) is 1. The first-order chi connectivity index (χ1) is 8.19. The first-order valence-corrected chi connectivity index (χ1v) is 6.16. The molecule has 2 fully saturated rings. The molecule has 4 nitrogen and oxygen atoms in total. The summed E-state index contributed by atoms with van der Waals surface area (Å²) < 4.78 is 0. The van der Waals surface area contributed by atoms with Crippen LogP contribution in [0.15, 0.2) is 12.7 Å². The molecular weight excluding hydrogens is 216 g/mol. The maximum absolute atomic E-state index is 10.8. The van der Waals surface area contributed by atoms with Gasteiger partial charge in [0.05, 0.1) is 6.04 Å². The van der Waals surface area contributed by atoms with Crippen LogP contribution in [0.5, 0.6) is 0 Å². The summed E-state index contributed by atoms with van der Waals surface area (Å²) in [6, 6.07) is 0.0787. The maximum atomic E-state index is 10.8. The number of nitrogens with one attached hydrogen (secondary N) is 2. The number of aldehydes is 1. The summed E-state index contributed by atoms with van der Waals surface area (Å²) in [5, 5.41) is 5.70. The Morgan fingerprint density at radius 2 is 2.00 bits per heavy atom. The number of hydrogen-bond acceptors (Lipinski definition) is 3. The number of carbonyl (C=O) groups is 2. The Bertz CT molecular complexity index is 232. The van der Waals surface area contributed by atoms with Crippen LogP contribution >= 0.6 is 0 Å². The van der Waals surface area contributed by atoms with E-state index in [9.17, 15) is 4.79 Å². The second kappa shape index (κ2) is 10.0. The molecular formula is C13H24N2O2. The third-order valence-electron chi connectivity index (χ3n) is 2.58. The highest BCUT2D eigenvalue weighted by atomic mass is 16.2. The first kappa shape index (κ1) is 15.8. The lowest BCUT2D eigenvalue weighted by molar-refractivity contribution is -0.122. The summed E-state index contributed by atoms with van der Waals surface area (Å²) in [6.45, 7) is 6.05. The van der Waals surface area contributed by atoms with Gasteiger partial charge in [0.25, 0.3) is 0 Å². The molecule has 1 unspecified atom stereocenters. The van der Waals surface area contributed by atoms with Gasteiger partial charge in [-0.05, 0) is 45.1 Å². The summed E-state index contributed by atoms with van der Waals surface area (Å²) in [7, 11) is 1.67. The van der Waals surface area contributed by atoms with E-state index in [-0.39, 0.29) is 11.9 Å². The number of rotatable bonds is 2. The molecule has 1 saturated carbocycles. The van der Waals surface area contributed by atoms with Crippen LogP contribution in [-0.4, -0.2) is 31.8 Å². The Kier molecular flexibility index (Phi) is 9.34. The van der Waals surface area contributed by atoms with Crippen molar-refractivity contribution in [3.63, 3.8) is 0 Å². The molecule has 2 rings (SSSR count). The standard InChI is InChI=1S/C6H12N2O.C5H8.C2H4O/c1-7-6(9)5-3-2-4-8-5;1-2-5-3-4-5;1-2-3/h5,8H,2-4H2,1H3,(H,7,9);2,5H,1,3-4H2;2H,1H3. The minimum absolute atomic E-state index is 0.0787. The molecule has 2 N–H and O–H groups in total. The van der Waals surface area contributed by atoms with E-state index in [2.05, 4.69) is 17.2 Å². The van der Waals surface area contributed by atoms with E-state index in [1.165, 1.54) is 19.8 Å².